The van der Waals surface area contributed by atoms with E-state index < -0.39 is 11.8 Å². The Bertz CT molecular complexity index is 712. The van der Waals surface area contributed by atoms with Crippen LogP contribution in [0.1, 0.15) is 11.1 Å². The molecule has 0 saturated carbocycles. The van der Waals surface area contributed by atoms with Gasteiger partial charge in [0.05, 0.1) is 6.21 Å². The van der Waals surface area contributed by atoms with Crippen LogP contribution >= 0.6 is 11.6 Å². The molecule has 0 saturated heterocycles. The zero-order valence-corrected chi connectivity index (χ0v) is 12.6. The van der Waals surface area contributed by atoms with Crippen molar-refractivity contribution in [3.05, 3.63) is 64.7 Å². The third-order valence-electron chi connectivity index (χ3n) is 2.74. The van der Waals surface area contributed by atoms with Gasteiger partial charge in [0.25, 0.3) is 0 Å². The fraction of sp³-hybridized carbons (Fsp3) is 0.0625. The van der Waals surface area contributed by atoms with Gasteiger partial charge in [-0.2, -0.15) is 5.10 Å². The Morgan fingerprint density at radius 1 is 1.09 bits per heavy atom. The molecule has 2 rings (SSSR count). The van der Waals surface area contributed by atoms with Crippen LogP contribution in [0.25, 0.3) is 0 Å². The minimum absolute atomic E-state index is 0.546. The van der Waals surface area contributed by atoms with Crippen molar-refractivity contribution in [3.8, 4) is 0 Å². The highest BCUT2D eigenvalue weighted by Gasteiger charge is 2.12. The van der Waals surface area contributed by atoms with Crippen LogP contribution in [0.5, 0.6) is 0 Å². The van der Waals surface area contributed by atoms with E-state index in [0.717, 1.165) is 5.56 Å². The Morgan fingerprint density at radius 3 is 2.50 bits per heavy atom. The predicted octanol–water partition coefficient (Wildman–Crippen LogP) is 2.74. The second-order valence-electron chi connectivity index (χ2n) is 4.57. The maximum absolute atomic E-state index is 11.7. The van der Waals surface area contributed by atoms with Crippen molar-refractivity contribution in [3.63, 3.8) is 0 Å². The van der Waals surface area contributed by atoms with Crippen molar-refractivity contribution in [2.75, 3.05) is 5.32 Å². The second kappa shape index (κ2) is 7.38. The first-order chi connectivity index (χ1) is 10.5. The summed E-state index contributed by atoms with van der Waals surface area (Å²) in [6.45, 7) is 1.93. The maximum atomic E-state index is 11.7. The van der Waals surface area contributed by atoms with Gasteiger partial charge in [-0.15, -0.1) is 0 Å². The fourth-order valence-corrected chi connectivity index (χ4v) is 1.83. The molecule has 0 fully saturated rings. The third kappa shape index (κ3) is 4.71. The van der Waals surface area contributed by atoms with Gasteiger partial charge in [0, 0.05) is 10.7 Å². The summed E-state index contributed by atoms with van der Waals surface area (Å²) in [6, 6.07) is 14.1. The molecule has 0 aliphatic rings. The van der Waals surface area contributed by atoms with Crippen LogP contribution in [0.4, 0.5) is 5.69 Å². The molecule has 0 bridgehead atoms. The van der Waals surface area contributed by atoms with Crippen molar-refractivity contribution < 1.29 is 9.59 Å². The number of carbonyl (C=O) groups excluding carboxylic acids is 2. The first-order valence-electron chi connectivity index (χ1n) is 6.51. The summed E-state index contributed by atoms with van der Waals surface area (Å²) in [5, 5.41) is 6.76. The van der Waals surface area contributed by atoms with Gasteiger partial charge in [-0.3, -0.25) is 9.59 Å². The number of hydrazone groups is 1. The lowest BCUT2D eigenvalue weighted by molar-refractivity contribution is -0.136. The zero-order valence-electron chi connectivity index (χ0n) is 11.8. The second-order valence-corrected chi connectivity index (χ2v) is 5.01. The molecule has 0 atom stereocenters. The number of nitrogens with zero attached hydrogens (tertiary/aromatic N) is 1. The average molecular weight is 316 g/mol. The van der Waals surface area contributed by atoms with Gasteiger partial charge in [0.2, 0.25) is 0 Å². The highest BCUT2D eigenvalue weighted by molar-refractivity contribution is 6.39. The maximum Gasteiger partial charge on any atom is 0.329 e. The van der Waals surface area contributed by atoms with Crippen LogP contribution in [-0.2, 0) is 9.59 Å². The smallest absolute Gasteiger partial charge is 0.318 e. The lowest BCUT2D eigenvalue weighted by atomic mass is 10.2. The number of benzene rings is 2. The summed E-state index contributed by atoms with van der Waals surface area (Å²) >= 11 is 5.83. The molecular weight excluding hydrogens is 302 g/mol. The Kier molecular flexibility index (Phi) is 5.27. The largest absolute Gasteiger partial charge is 0.329 e. The molecule has 0 spiro atoms. The monoisotopic (exact) mass is 315 g/mol. The van der Waals surface area contributed by atoms with Gasteiger partial charge in [-0.1, -0.05) is 41.4 Å². The number of halogens is 1. The highest BCUT2D eigenvalue weighted by atomic mass is 35.5. The summed E-state index contributed by atoms with van der Waals surface area (Å²) < 4.78 is 0. The van der Waals surface area contributed by atoms with E-state index >= 15 is 0 Å². The zero-order chi connectivity index (χ0) is 15.9. The quantitative estimate of drug-likeness (QED) is 0.519. The number of hydrogen-bond acceptors (Lipinski definition) is 3. The Hall–Kier alpha value is -2.66. The Morgan fingerprint density at radius 2 is 1.82 bits per heavy atom. The van der Waals surface area contributed by atoms with Crippen molar-refractivity contribution in [2.45, 2.75) is 6.92 Å². The number of carbonyl (C=O) groups is 2. The van der Waals surface area contributed by atoms with E-state index in [1.807, 2.05) is 19.1 Å². The van der Waals surface area contributed by atoms with E-state index in [9.17, 15) is 9.59 Å². The molecule has 0 heterocycles. The highest BCUT2D eigenvalue weighted by Crippen LogP contribution is 2.09. The first kappa shape index (κ1) is 15.7. The summed E-state index contributed by atoms with van der Waals surface area (Å²) in [5.74, 6) is -1.63. The number of anilines is 1. The number of amides is 2. The van der Waals surface area contributed by atoms with E-state index in [-0.39, 0.29) is 0 Å². The van der Waals surface area contributed by atoms with Crippen molar-refractivity contribution in [2.24, 2.45) is 5.10 Å². The molecule has 112 valence electrons. The normalized spacial score (nSPS) is 10.5. The molecule has 2 N–H and O–H groups in total. The molecule has 2 amide bonds. The SMILES string of the molecule is Cc1ccc(NC(=O)C(=O)N/N=C\c2cccc(Cl)c2)cc1. The minimum Gasteiger partial charge on any atom is -0.318 e. The first-order valence-corrected chi connectivity index (χ1v) is 6.89. The molecule has 2 aromatic carbocycles. The van der Waals surface area contributed by atoms with E-state index in [2.05, 4.69) is 15.8 Å². The fourth-order valence-electron chi connectivity index (χ4n) is 1.63. The summed E-state index contributed by atoms with van der Waals surface area (Å²) in [7, 11) is 0. The molecule has 0 aromatic heterocycles. The van der Waals surface area contributed by atoms with E-state index in [4.69, 9.17) is 11.6 Å². The van der Waals surface area contributed by atoms with Gasteiger partial charge in [0.15, 0.2) is 0 Å². The molecule has 0 radical (unpaired) electrons. The van der Waals surface area contributed by atoms with Gasteiger partial charge >= 0.3 is 11.8 Å². The van der Waals surface area contributed by atoms with E-state index in [0.29, 0.717) is 16.3 Å². The van der Waals surface area contributed by atoms with Crippen LogP contribution in [0.15, 0.2) is 53.6 Å². The molecule has 0 unspecified atom stereocenters. The Balaban J connectivity index is 1.89. The van der Waals surface area contributed by atoms with E-state index in [1.165, 1.54) is 6.21 Å². The molecule has 0 aliphatic carbocycles. The van der Waals surface area contributed by atoms with Crippen LogP contribution < -0.4 is 10.7 Å². The van der Waals surface area contributed by atoms with E-state index in [1.54, 1.807) is 36.4 Å². The lowest BCUT2D eigenvalue weighted by Gasteiger charge is -2.04. The van der Waals surface area contributed by atoms with Gasteiger partial charge in [-0.25, -0.2) is 5.43 Å². The summed E-state index contributed by atoms with van der Waals surface area (Å²) in [4.78, 5) is 23.3. The summed E-state index contributed by atoms with van der Waals surface area (Å²) in [5.41, 5.74) is 4.48. The topological polar surface area (TPSA) is 70.6 Å². The number of hydrogen-bond donors (Lipinski definition) is 2. The van der Waals surface area contributed by atoms with Crippen LogP contribution in [-0.4, -0.2) is 18.0 Å². The number of aryl methyl sites for hydroxylation is 1. The minimum atomic E-state index is -0.848. The Labute approximate surface area is 133 Å². The predicted molar refractivity (Wildman–Crippen MR) is 87.0 cm³/mol. The van der Waals surface area contributed by atoms with Gasteiger partial charge in [0.1, 0.15) is 0 Å². The van der Waals surface area contributed by atoms with Crippen LogP contribution in [0.3, 0.4) is 0 Å². The van der Waals surface area contributed by atoms with Gasteiger partial charge < -0.3 is 5.32 Å². The molecule has 5 nitrogen and oxygen atoms in total. The third-order valence-corrected chi connectivity index (χ3v) is 2.98. The van der Waals surface area contributed by atoms with Crippen molar-refractivity contribution >= 4 is 35.3 Å². The van der Waals surface area contributed by atoms with Gasteiger partial charge in [-0.05, 0) is 36.8 Å². The van der Waals surface area contributed by atoms with Crippen molar-refractivity contribution in [1.82, 2.24) is 5.43 Å². The van der Waals surface area contributed by atoms with Crippen LogP contribution in [0.2, 0.25) is 5.02 Å². The molecule has 0 aliphatic heterocycles. The number of nitrogens with one attached hydrogen (secondary N) is 2. The lowest BCUT2D eigenvalue weighted by Crippen LogP contribution is -2.32. The molecule has 22 heavy (non-hydrogen) atoms. The molecule has 6 heteroatoms. The van der Waals surface area contributed by atoms with Crippen molar-refractivity contribution in [1.29, 1.82) is 0 Å². The molecular formula is C16H14ClN3O2. The van der Waals surface area contributed by atoms with Crippen LogP contribution in [0, 0.1) is 6.92 Å². The standard InChI is InChI=1S/C16H14ClN3O2/c1-11-5-7-14(8-6-11)19-15(21)16(22)20-18-10-12-3-2-4-13(17)9-12/h2-10H,1H3,(H,19,21)(H,20,22)/b18-10-. The average Bonchev–Trinajstić information content (AvgIpc) is 2.49. The number of rotatable bonds is 3. The molecule has 2 aromatic rings. The summed E-state index contributed by atoms with van der Waals surface area (Å²) in [6.07, 6.45) is 1.41.